The number of aromatic nitrogens is 2. The first kappa shape index (κ1) is 19.4. The van der Waals surface area contributed by atoms with Crippen LogP contribution in [0.25, 0.3) is 11.1 Å². The highest BCUT2D eigenvalue weighted by Gasteiger charge is 2.15. The fraction of sp³-hybridized carbons (Fsp3) is 0.500. The number of benzene rings is 1. The molecular weight excluding hydrogens is 344 g/mol. The first-order chi connectivity index (χ1) is 13.1. The second kappa shape index (κ2) is 9.53. The molecule has 1 fully saturated rings. The van der Waals surface area contributed by atoms with Gasteiger partial charge in [-0.15, -0.1) is 0 Å². The Morgan fingerprint density at radius 2 is 1.70 bits per heavy atom. The van der Waals surface area contributed by atoms with Gasteiger partial charge in [-0.1, -0.05) is 12.8 Å². The third-order valence-electron chi connectivity index (χ3n) is 4.73. The molecule has 2 heterocycles. The lowest BCUT2D eigenvalue weighted by Gasteiger charge is -2.23. The zero-order chi connectivity index (χ0) is 19.1. The lowest BCUT2D eigenvalue weighted by Crippen LogP contribution is -2.36. The van der Waals surface area contributed by atoms with Crippen LogP contribution < -0.4 is 15.2 Å². The summed E-state index contributed by atoms with van der Waals surface area (Å²) in [6, 6.07) is 5.58. The summed E-state index contributed by atoms with van der Waals surface area (Å²) < 4.78 is 11.2. The third kappa shape index (κ3) is 5.80. The number of likely N-dealkylation sites (tertiary alicyclic amines) is 1. The number of rotatable bonds is 7. The molecule has 0 radical (unpaired) electrons. The first-order valence-corrected chi connectivity index (χ1v) is 9.44. The van der Waals surface area contributed by atoms with Gasteiger partial charge in [0.15, 0.2) is 0 Å². The lowest BCUT2D eigenvalue weighted by molar-refractivity contribution is 0.0693. The maximum absolute atomic E-state index is 10.4. The molecule has 1 aromatic carbocycles. The number of nitrogens with two attached hydrogens (primary N) is 1. The Morgan fingerprint density at radius 1 is 1.04 bits per heavy atom. The minimum Gasteiger partial charge on any atom is -0.497 e. The summed E-state index contributed by atoms with van der Waals surface area (Å²) in [5.74, 6) is 1.53. The predicted octanol–water partition coefficient (Wildman–Crippen LogP) is 2.35. The molecule has 3 rings (SSSR count). The van der Waals surface area contributed by atoms with E-state index in [1.165, 1.54) is 25.7 Å². The lowest BCUT2D eigenvalue weighted by atomic mass is 10.1. The molecule has 1 aliphatic rings. The number of nitrogens with zero attached hydrogens (tertiary/aromatic N) is 3. The number of hydrogen-bond donors (Lipinski definition) is 2. The highest BCUT2D eigenvalue weighted by molar-refractivity contribution is 5.66. The Kier molecular flexibility index (Phi) is 6.84. The molecule has 1 saturated heterocycles. The van der Waals surface area contributed by atoms with Crippen molar-refractivity contribution in [2.45, 2.75) is 31.8 Å². The van der Waals surface area contributed by atoms with Gasteiger partial charge in [-0.05, 0) is 43.6 Å². The van der Waals surface area contributed by atoms with E-state index in [1.807, 2.05) is 12.1 Å². The molecule has 146 valence electrons. The number of hydrogen-bond acceptors (Lipinski definition) is 7. The second-order valence-corrected chi connectivity index (χ2v) is 6.91. The Bertz CT molecular complexity index is 716. The standard InChI is InChI=1S/C20H28N4O3/c1-26-18-8-15(16-11-22-20(21)23-12-16)9-19(10-18)27-14-17(25)13-24-6-4-2-3-5-7-24/h8-12,17,25H,2-7,13-14H2,1H3,(H2,21,22,23). The zero-order valence-electron chi connectivity index (χ0n) is 15.8. The van der Waals surface area contributed by atoms with Crippen LogP contribution in [0.15, 0.2) is 30.6 Å². The van der Waals surface area contributed by atoms with Gasteiger partial charge in [0.05, 0.1) is 7.11 Å². The van der Waals surface area contributed by atoms with Crippen molar-refractivity contribution in [3.8, 4) is 22.6 Å². The highest BCUT2D eigenvalue weighted by Crippen LogP contribution is 2.29. The van der Waals surface area contributed by atoms with E-state index in [0.717, 1.165) is 24.2 Å². The number of aliphatic hydroxyl groups excluding tert-OH is 1. The maximum atomic E-state index is 10.4. The molecule has 7 nitrogen and oxygen atoms in total. The van der Waals surface area contributed by atoms with E-state index in [0.29, 0.717) is 18.0 Å². The largest absolute Gasteiger partial charge is 0.497 e. The van der Waals surface area contributed by atoms with E-state index < -0.39 is 6.10 Å². The van der Waals surface area contributed by atoms with Gasteiger partial charge in [0.25, 0.3) is 0 Å². The van der Waals surface area contributed by atoms with Crippen LogP contribution in [-0.2, 0) is 0 Å². The number of nitrogen functional groups attached to an aromatic ring is 1. The predicted molar refractivity (Wildman–Crippen MR) is 105 cm³/mol. The molecule has 0 amide bonds. The van der Waals surface area contributed by atoms with E-state index in [4.69, 9.17) is 15.2 Å². The van der Waals surface area contributed by atoms with Crippen LogP contribution in [-0.4, -0.2) is 59.4 Å². The summed E-state index contributed by atoms with van der Waals surface area (Å²) in [5.41, 5.74) is 7.24. The van der Waals surface area contributed by atoms with Crippen LogP contribution in [0.2, 0.25) is 0 Å². The van der Waals surface area contributed by atoms with Crippen LogP contribution in [0.5, 0.6) is 11.5 Å². The molecule has 7 heteroatoms. The smallest absolute Gasteiger partial charge is 0.219 e. The normalized spacial score (nSPS) is 16.5. The number of methoxy groups -OCH3 is 1. The minimum atomic E-state index is -0.530. The Morgan fingerprint density at radius 3 is 2.37 bits per heavy atom. The van der Waals surface area contributed by atoms with Crippen LogP contribution in [0.4, 0.5) is 5.95 Å². The number of anilines is 1. The van der Waals surface area contributed by atoms with E-state index in [2.05, 4.69) is 14.9 Å². The van der Waals surface area contributed by atoms with Crippen molar-refractivity contribution >= 4 is 5.95 Å². The number of β-amino-alcohol motifs (C(OH)–C–C–N with tert-alkyl or cyclic N) is 1. The van der Waals surface area contributed by atoms with E-state index in [-0.39, 0.29) is 12.6 Å². The van der Waals surface area contributed by atoms with Crippen molar-refractivity contribution < 1.29 is 14.6 Å². The van der Waals surface area contributed by atoms with Crippen LogP contribution in [0.1, 0.15) is 25.7 Å². The molecule has 0 spiro atoms. The average molecular weight is 372 g/mol. The zero-order valence-corrected chi connectivity index (χ0v) is 15.8. The molecule has 1 unspecified atom stereocenters. The van der Waals surface area contributed by atoms with Gasteiger partial charge < -0.3 is 25.2 Å². The molecule has 3 N–H and O–H groups in total. The maximum Gasteiger partial charge on any atom is 0.219 e. The first-order valence-electron chi connectivity index (χ1n) is 9.44. The minimum absolute atomic E-state index is 0.231. The van der Waals surface area contributed by atoms with Crippen molar-refractivity contribution in [2.24, 2.45) is 0 Å². The average Bonchev–Trinajstić information content (AvgIpc) is 2.95. The number of ether oxygens (including phenoxy) is 2. The summed E-state index contributed by atoms with van der Waals surface area (Å²) in [5, 5.41) is 10.4. The molecule has 0 aliphatic carbocycles. The van der Waals surface area contributed by atoms with Crippen molar-refractivity contribution in [3.05, 3.63) is 30.6 Å². The fourth-order valence-corrected chi connectivity index (χ4v) is 3.29. The highest BCUT2D eigenvalue weighted by atomic mass is 16.5. The van der Waals surface area contributed by atoms with Gasteiger partial charge in [0, 0.05) is 30.6 Å². The van der Waals surface area contributed by atoms with Crippen molar-refractivity contribution in [2.75, 3.05) is 39.1 Å². The SMILES string of the molecule is COc1cc(OCC(O)CN2CCCCCC2)cc(-c2cnc(N)nc2)c1. The fourth-order valence-electron chi connectivity index (χ4n) is 3.29. The summed E-state index contributed by atoms with van der Waals surface area (Å²) in [7, 11) is 1.61. The summed E-state index contributed by atoms with van der Waals surface area (Å²) in [6.45, 7) is 2.99. The monoisotopic (exact) mass is 372 g/mol. The summed E-state index contributed by atoms with van der Waals surface area (Å²) in [4.78, 5) is 10.4. The van der Waals surface area contributed by atoms with E-state index in [9.17, 15) is 5.11 Å². The molecule has 27 heavy (non-hydrogen) atoms. The van der Waals surface area contributed by atoms with Crippen LogP contribution in [0.3, 0.4) is 0 Å². The molecule has 2 aromatic rings. The van der Waals surface area contributed by atoms with Crippen molar-refractivity contribution in [3.63, 3.8) is 0 Å². The third-order valence-corrected chi connectivity index (χ3v) is 4.73. The topological polar surface area (TPSA) is 93.7 Å². The summed E-state index contributed by atoms with van der Waals surface area (Å²) in [6.07, 6.45) is 7.77. The Balaban J connectivity index is 1.63. The van der Waals surface area contributed by atoms with Gasteiger partial charge in [-0.3, -0.25) is 0 Å². The Labute approximate surface area is 160 Å². The van der Waals surface area contributed by atoms with Gasteiger partial charge in [-0.25, -0.2) is 9.97 Å². The molecule has 0 saturated carbocycles. The van der Waals surface area contributed by atoms with Crippen molar-refractivity contribution in [1.82, 2.24) is 14.9 Å². The molecule has 0 bridgehead atoms. The van der Waals surface area contributed by atoms with Crippen LogP contribution in [0, 0.1) is 0 Å². The quantitative estimate of drug-likeness (QED) is 0.770. The van der Waals surface area contributed by atoms with Gasteiger partial charge >= 0.3 is 0 Å². The van der Waals surface area contributed by atoms with E-state index in [1.54, 1.807) is 25.6 Å². The van der Waals surface area contributed by atoms with E-state index >= 15 is 0 Å². The summed E-state index contributed by atoms with van der Waals surface area (Å²) >= 11 is 0. The second-order valence-electron chi connectivity index (χ2n) is 6.91. The van der Waals surface area contributed by atoms with Crippen molar-refractivity contribution in [1.29, 1.82) is 0 Å². The Hall–Kier alpha value is -2.38. The number of aliphatic hydroxyl groups is 1. The molecule has 1 aliphatic heterocycles. The molecule has 1 atom stereocenters. The van der Waals surface area contributed by atoms with Gasteiger partial charge in [-0.2, -0.15) is 0 Å². The van der Waals surface area contributed by atoms with Gasteiger partial charge in [0.2, 0.25) is 5.95 Å². The molecule has 1 aromatic heterocycles. The van der Waals surface area contributed by atoms with Gasteiger partial charge in [0.1, 0.15) is 24.2 Å². The molecular formula is C20H28N4O3. The van der Waals surface area contributed by atoms with Crippen LogP contribution >= 0.6 is 0 Å².